The van der Waals surface area contributed by atoms with Crippen LogP contribution in [0.25, 0.3) is 0 Å². The summed E-state index contributed by atoms with van der Waals surface area (Å²) in [4.78, 5) is 0. The highest BCUT2D eigenvalue weighted by atomic mass is 32.2. The predicted octanol–water partition coefficient (Wildman–Crippen LogP) is 0.0214. The molecule has 0 bridgehead atoms. The molecule has 0 aromatic carbocycles. The van der Waals surface area contributed by atoms with Gasteiger partial charge >= 0.3 is 10.2 Å². The molecule has 1 saturated heterocycles. The fourth-order valence-corrected chi connectivity index (χ4v) is 3.43. The minimum atomic E-state index is -3.49. The van der Waals surface area contributed by atoms with Gasteiger partial charge in [-0.1, -0.05) is 6.42 Å². The van der Waals surface area contributed by atoms with E-state index in [0.29, 0.717) is 24.5 Å². The van der Waals surface area contributed by atoms with Crippen LogP contribution in [0.3, 0.4) is 0 Å². The molecule has 8 heteroatoms. The fraction of sp³-hybridized carbons (Fsp3) is 0.700. The van der Waals surface area contributed by atoms with E-state index in [1.807, 2.05) is 0 Å². The van der Waals surface area contributed by atoms with Gasteiger partial charge in [-0.25, -0.2) is 0 Å². The molecule has 1 aliphatic rings. The van der Waals surface area contributed by atoms with Crippen LogP contribution in [0.2, 0.25) is 0 Å². The number of nitrogens with two attached hydrogens (primary N) is 1. The Hall–Kier alpha value is -1.12. The number of piperidine rings is 1. The summed E-state index contributed by atoms with van der Waals surface area (Å²) in [6, 6.07) is 0. The van der Waals surface area contributed by atoms with Crippen molar-refractivity contribution in [1.29, 1.82) is 0 Å². The highest BCUT2D eigenvalue weighted by molar-refractivity contribution is 7.90. The maximum atomic E-state index is 12.2. The van der Waals surface area contributed by atoms with Crippen LogP contribution in [0, 0.1) is 0 Å². The Balaban J connectivity index is 2.18. The Kier molecular flexibility index (Phi) is 3.88. The highest BCUT2D eigenvalue weighted by Gasteiger charge is 2.25. The molecule has 2 rings (SSSR count). The van der Waals surface area contributed by atoms with Crippen molar-refractivity contribution in [2.75, 3.05) is 17.8 Å². The van der Waals surface area contributed by atoms with Crippen molar-refractivity contribution in [2.24, 2.45) is 12.8 Å². The summed E-state index contributed by atoms with van der Waals surface area (Å²) in [5.74, 6) is 0.447. The van der Waals surface area contributed by atoms with Gasteiger partial charge in [-0.15, -0.1) is 0 Å². The molecule has 0 aliphatic carbocycles. The third-order valence-electron chi connectivity index (χ3n) is 3.12. The number of hydrogen-bond donors (Lipinski definition) is 2. The third-order valence-corrected chi connectivity index (χ3v) is 4.61. The normalized spacial score (nSPS) is 17.9. The molecule has 1 aliphatic heterocycles. The molecule has 0 radical (unpaired) electrons. The van der Waals surface area contributed by atoms with Crippen LogP contribution in [-0.2, 0) is 23.8 Å². The van der Waals surface area contributed by atoms with Gasteiger partial charge in [-0.2, -0.15) is 17.8 Å². The highest BCUT2D eigenvalue weighted by Crippen LogP contribution is 2.19. The minimum Gasteiger partial charge on any atom is -0.326 e. The van der Waals surface area contributed by atoms with E-state index in [1.165, 1.54) is 8.99 Å². The van der Waals surface area contributed by atoms with Crippen LogP contribution < -0.4 is 10.5 Å². The van der Waals surface area contributed by atoms with Gasteiger partial charge in [-0.3, -0.25) is 9.40 Å². The zero-order chi connectivity index (χ0) is 13.2. The second kappa shape index (κ2) is 5.25. The van der Waals surface area contributed by atoms with Gasteiger partial charge in [0.15, 0.2) is 0 Å². The number of nitrogens with zero attached hydrogens (tertiary/aromatic N) is 3. The Morgan fingerprint density at radius 2 is 2.06 bits per heavy atom. The average molecular weight is 273 g/mol. The molecule has 0 amide bonds. The summed E-state index contributed by atoms with van der Waals surface area (Å²) in [6.07, 6.45) is 4.49. The number of aromatic nitrogens is 2. The lowest BCUT2D eigenvalue weighted by molar-refractivity contribution is 0.349. The van der Waals surface area contributed by atoms with E-state index in [-0.39, 0.29) is 6.54 Å². The van der Waals surface area contributed by atoms with Crippen molar-refractivity contribution >= 4 is 16.0 Å². The fourth-order valence-electron chi connectivity index (χ4n) is 2.06. The summed E-state index contributed by atoms with van der Waals surface area (Å²) in [7, 11) is -1.81. The van der Waals surface area contributed by atoms with Crippen molar-refractivity contribution in [3.05, 3.63) is 11.8 Å². The zero-order valence-corrected chi connectivity index (χ0v) is 11.3. The lowest BCUT2D eigenvalue weighted by Crippen LogP contribution is -2.40. The van der Waals surface area contributed by atoms with Crippen LogP contribution in [0.1, 0.15) is 24.8 Å². The summed E-state index contributed by atoms with van der Waals surface area (Å²) in [5.41, 5.74) is 6.25. The van der Waals surface area contributed by atoms with Crippen LogP contribution in [0.15, 0.2) is 6.20 Å². The van der Waals surface area contributed by atoms with Gasteiger partial charge in [0.2, 0.25) is 0 Å². The van der Waals surface area contributed by atoms with Crippen molar-refractivity contribution in [3.8, 4) is 0 Å². The Bertz CT molecular complexity index is 504. The molecule has 0 atom stereocenters. The van der Waals surface area contributed by atoms with E-state index in [4.69, 9.17) is 5.73 Å². The zero-order valence-electron chi connectivity index (χ0n) is 10.5. The van der Waals surface area contributed by atoms with Gasteiger partial charge in [0.25, 0.3) is 0 Å². The maximum absolute atomic E-state index is 12.2. The quantitative estimate of drug-likeness (QED) is 0.809. The molecule has 0 saturated carbocycles. The largest absolute Gasteiger partial charge is 0.326 e. The van der Waals surface area contributed by atoms with Gasteiger partial charge < -0.3 is 5.73 Å². The summed E-state index contributed by atoms with van der Waals surface area (Å²) in [5, 5.41) is 4.01. The molecular weight excluding hydrogens is 254 g/mol. The number of rotatable bonds is 4. The van der Waals surface area contributed by atoms with Crippen molar-refractivity contribution < 1.29 is 8.42 Å². The van der Waals surface area contributed by atoms with E-state index in [1.54, 1.807) is 13.2 Å². The monoisotopic (exact) mass is 273 g/mol. The lowest BCUT2D eigenvalue weighted by Gasteiger charge is -2.26. The molecule has 3 N–H and O–H groups in total. The van der Waals surface area contributed by atoms with Crippen LogP contribution >= 0.6 is 0 Å². The van der Waals surface area contributed by atoms with E-state index in [9.17, 15) is 8.42 Å². The lowest BCUT2D eigenvalue weighted by atomic mass is 10.2. The smallest absolute Gasteiger partial charge is 0.302 e. The Labute approximate surface area is 107 Å². The number of nitrogens with one attached hydrogen (secondary N) is 1. The molecule has 0 unspecified atom stereocenters. The number of aryl methyl sites for hydroxylation is 1. The molecule has 7 nitrogen and oxygen atoms in total. The van der Waals surface area contributed by atoms with E-state index in [2.05, 4.69) is 9.82 Å². The van der Waals surface area contributed by atoms with E-state index in [0.717, 1.165) is 19.3 Å². The molecule has 1 aromatic rings. The molecule has 0 spiro atoms. The van der Waals surface area contributed by atoms with Gasteiger partial charge in [-0.05, 0) is 12.8 Å². The van der Waals surface area contributed by atoms with Gasteiger partial charge in [0.05, 0.1) is 6.20 Å². The van der Waals surface area contributed by atoms with Crippen molar-refractivity contribution in [1.82, 2.24) is 14.1 Å². The topological polar surface area (TPSA) is 93.2 Å². The molecule has 102 valence electrons. The first-order chi connectivity index (χ1) is 8.54. The Morgan fingerprint density at radius 1 is 1.39 bits per heavy atom. The SMILES string of the molecule is Cn1ncc(CN)c1NS(=O)(=O)N1CCCCC1. The molecule has 1 aromatic heterocycles. The van der Waals surface area contributed by atoms with Crippen LogP contribution in [0.4, 0.5) is 5.82 Å². The van der Waals surface area contributed by atoms with Crippen molar-refractivity contribution in [3.63, 3.8) is 0 Å². The maximum Gasteiger partial charge on any atom is 0.302 e. The summed E-state index contributed by atoms with van der Waals surface area (Å²) < 4.78 is 30.0. The van der Waals surface area contributed by atoms with Crippen LogP contribution in [0.5, 0.6) is 0 Å². The van der Waals surface area contributed by atoms with Gasteiger partial charge in [0.1, 0.15) is 5.82 Å². The molecular formula is C10H19N5O2S. The van der Waals surface area contributed by atoms with E-state index < -0.39 is 10.2 Å². The molecule has 18 heavy (non-hydrogen) atoms. The minimum absolute atomic E-state index is 0.256. The number of hydrogen-bond acceptors (Lipinski definition) is 4. The molecule has 2 heterocycles. The van der Waals surface area contributed by atoms with Crippen LogP contribution in [-0.4, -0.2) is 35.6 Å². The standard InChI is InChI=1S/C10H19N5O2S/c1-14-10(9(7-11)8-12-14)13-18(16,17)15-5-3-2-4-6-15/h8,13H,2-7,11H2,1H3. The first-order valence-electron chi connectivity index (χ1n) is 6.03. The summed E-state index contributed by atoms with van der Waals surface area (Å²) >= 11 is 0. The number of anilines is 1. The Morgan fingerprint density at radius 3 is 2.67 bits per heavy atom. The molecule has 1 fully saturated rings. The first-order valence-corrected chi connectivity index (χ1v) is 7.47. The second-order valence-electron chi connectivity index (χ2n) is 4.41. The second-order valence-corrected chi connectivity index (χ2v) is 6.08. The summed E-state index contributed by atoms with van der Waals surface area (Å²) in [6.45, 7) is 1.40. The van der Waals surface area contributed by atoms with Crippen molar-refractivity contribution in [2.45, 2.75) is 25.8 Å². The van der Waals surface area contributed by atoms with Gasteiger partial charge in [0, 0.05) is 32.2 Å². The average Bonchev–Trinajstić information content (AvgIpc) is 2.71. The third kappa shape index (κ3) is 2.65. The van der Waals surface area contributed by atoms with E-state index >= 15 is 0 Å². The first kappa shape index (κ1) is 13.3. The predicted molar refractivity (Wildman–Crippen MR) is 69.1 cm³/mol.